The largest absolute Gasteiger partial charge is 0.493 e. The summed E-state index contributed by atoms with van der Waals surface area (Å²) in [5.41, 5.74) is 5.16. The number of aromatic nitrogens is 3. The predicted molar refractivity (Wildman–Crippen MR) is 145 cm³/mol. The number of methoxy groups -OCH3 is 2. The van der Waals surface area contributed by atoms with Crippen LogP contribution in [0.5, 0.6) is 11.5 Å². The minimum absolute atomic E-state index is 0.125. The number of para-hydroxylation sites is 1. The normalized spacial score (nSPS) is 11.0. The molecule has 0 fully saturated rings. The number of carbonyl (C=O) groups is 1. The third-order valence-corrected chi connectivity index (χ3v) is 6.81. The van der Waals surface area contributed by atoms with Crippen LogP contribution in [0.4, 0.5) is 0 Å². The van der Waals surface area contributed by atoms with E-state index in [9.17, 15) is 4.79 Å². The molecule has 0 aliphatic rings. The summed E-state index contributed by atoms with van der Waals surface area (Å²) >= 11 is 2.95. The summed E-state index contributed by atoms with van der Waals surface area (Å²) < 4.78 is 12.7. The molecular weight excluding hydrogens is 494 g/mol. The molecule has 3 aromatic carbocycles. The molecule has 0 saturated carbocycles. The van der Waals surface area contributed by atoms with Crippen LogP contribution in [0, 0.1) is 0 Å². The Hall–Kier alpha value is -3.76. The van der Waals surface area contributed by atoms with Gasteiger partial charge in [0.2, 0.25) is 0 Å². The number of hydrazone groups is 1. The topological polar surface area (TPSA) is 90.6 Å². The van der Waals surface area contributed by atoms with Gasteiger partial charge in [-0.05, 0) is 54.3 Å². The highest BCUT2D eigenvalue weighted by molar-refractivity contribution is 7.99. The minimum atomic E-state index is -0.243. The molecule has 4 rings (SSSR count). The number of ether oxygens (including phenoxy) is 2. The summed E-state index contributed by atoms with van der Waals surface area (Å²) in [6.07, 6.45) is 3.64. The van der Waals surface area contributed by atoms with Crippen molar-refractivity contribution < 1.29 is 14.3 Å². The lowest BCUT2D eigenvalue weighted by atomic mass is 10.2. The van der Waals surface area contributed by atoms with Crippen molar-refractivity contribution in [2.24, 2.45) is 5.10 Å². The smallest absolute Gasteiger partial charge is 0.250 e. The summed E-state index contributed by atoms with van der Waals surface area (Å²) in [6, 6.07) is 23.2. The number of hydrogen-bond donors (Lipinski definition) is 1. The van der Waals surface area contributed by atoms with E-state index in [-0.39, 0.29) is 11.7 Å². The quantitative estimate of drug-likeness (QED) is 0.181. The van der Waals surface area contributed by atoms with Gasteiger partial charge in [0.15, 0.2) is 22.5 Å². The van der Waals surface area contributed by atoms with Gasteiger partial charge >= 0.3 is 0 Å². The molecule has 10 heteroatoms. The average Bonchev–Trinajstić information content (AvgIpc) is 3.36. The number of nitrogens with zero attached hydrogens (tertiary/aromatic N) is 4. The fourth-order valence-corrected chi connectivity index (χ4v) is 4.52. The van der Waals surface area contributed by atoms with E-state index in [4.69, 9.17) is 9.47 Å². The first-order valence-electron chi connectivity index (χ1n) is 10.9. The molecule has 0 aliphatic carbocycles. The summed E-state index contributed by atoms with van der Waals surface area (Å²) in [5.74, 6) is 1.72. The van der Waals surface area contributed by atoms with E-state index < -0.39 is 0 Å². The summed E-state index contributed by atoms with van der Waals surface area (Å²) in [7, 11) is 3.18. The van der Waals surface area contributed by atoms with E-state index >= 15 is 0 Å². The number of nitrogens with one attached hydrogen (secondary N) is 1. The first kappa shape index (κ1) is 25.3. The average molecular weight is 520 g/mol. The molecule has 1 N–H and O–H groups in total. The van der Waals surface area contributed by atoms with Gasteiger partial charge in [0.25, 0.3) is 5.91 Å². The van der Waals surface area contributed by atoms with Crippen LogP contribution in [0.3, 0.4) is 0 Å². The second kappa shape index (κ2) is 12.3. The van der Waals surface area contributed by atoms with Crippen LogP contribution in [0.25, 0.3) is 17.1 Å². The van der Waals surface area contributed by atoms with Crippen molar-refractivity contribution in [3.05, 3.63) is 78.4 Å². The summed E-state index contributed by atoms with van der Waals surface area (Å²) in [5, 5.41) is 13.4. The highest BCUT2D eigenvalue weighted by atomic mass is 32.2. The van der Waals surface area contributed by atoms with E-state index in [1.807, 2.05) is 83.6 Å². The van der Waals surface area contributed by atoms with Crippen LogP contribution < -0.4 is 14.9 Å². The van der Waals surface area contributed by atoms with Gasteiger partial charge in [0.05, 0.1) is 26.2 Å². The van der Waals surface area contributed by atoms with Crippen LogP contribution in [0.15, 0.2) is 87.9 Å². The Bertz CT molecular complexity index is 1340. The lowest BCUT2D eigenvalue weighted by Gasteiger charge is -2.12. The number of rotatable bonds is 10. The van der Waals surface area contributed by atoms with Crippen LogP contribution >= 0.6 is 23.5 Å². The Balaban J connectivity index is 1.51. The molecule has 8 nitrogen and oxygen atoms in total. The molecule has 0 radical (unpaired) electrons. The van der Waals surface area contributed by atoms with Crippen molar-refractivity contribution in [1.82, 2.24) is 20.2 Å². The lowest BCUT2D eigenvalue weighted by Crippen LogP contribution is -2.20. The number of carbonyl (C=O) groups excluding carboxylic acids is 1. The fourth-order valence-electron chi connectivity index (χ4n) is 3.37. The van der Waals surface area contributed by atoms with E-state index in [0.29, 0.717) is 22.5 Å². The van der Waals surface area contributed by atoms with Gasteiger partial charge in [-0.3, -0.25) is 9.36 Å². The minimum Gasteiger partial charge on any atom is -0.493 e. The van der Waals surface area contributed by atoms with Crippen molar-refractivity contribution in [1.29, 1.82) is 0 Å². The van der Waals surface area contributed by atoms with Crippen molar-refractivity contribution in [2.75, 3.05) is 26.2 Å². The zero-order valence-electron chi connectivity index (χ0n) is 20.0. The maximum atomic E-state index is 12.4. The van der Waals surface area contributed by atoms with Crippen molar-refractivity contribution in [3.8, 4) is 28.6 Å². The SMILES string of the molecule is COc1ccc(-c2nnc(SCC(=O)N/N=C\c3ccc(SC)cc3)n2-c2ccccc2)cc1OC. The number of hydrogen-bond acceptors (Lipinski definition) is 8. The van der Waals surface area contributed by atoms with Crippen LogP contribution in [0.1, 0.15) is 5.56 Å². The van der Waals surface area contributed by atoms with Crippen molar-refractivity contribution in [2.45, 2.75) is 10.1 Å². The van der Waals surface area contributed by atoms with Gasteiger partial charge in [0, 0.05) is 16.1 Å². The maximum absolute atomic E-state index is 12.4. The Morgan fingerprint density at radius 1 is 1.00 bits per heavy atom. The molecule has 0 aliphatic heterocycles. The first-order valence-corrected chi connectivity index (χ1v) is 13.2. The van der Waals surface area contributed by atoms with Gasteiger partial charge in [0.1, 0.15) is 0 Å². The zero-order valence-corrected chi connectivity index (χ0v) is 21.7. The molecule has 36 heavy (non-hydrogen) atoms. The maximum Gasteiger partial charge on any atom is 0.250 e. The van der Waals surface area contributed by atoms with Gasteiger partial charge < -0.3 is 9.47 Å². The molecule has 0 unspecified atom stereocenters. The molecule has 0 saturated heterocycles. The second-order valence-electron chi connectivity index (χ2n) is 7.40. The second-order valence-corrected chi connectivity index (χ2v) is 9.22. The third-order valence-electron chi connectivity index (χ3n) is 5.14. The number of benzene rings is 3. The molecular formula is C26H25N5O3S2. The predicted octanol–water partition coefficient (Wildman–Crippen LogP) is 4.92. The van der Waals surface area contributed by atoms with Crippen molar-refractivity contribution in [3.63, 3.8) is 0 Å². The molecule has 1 amide bonds. The molecule has 1 heterocycles. The molecule has 0 spiro atoms. The van der Waals surface area contributed by atoms with Gasteiger partial charge in [-0.1, -0.05) is 42.1 Å². The van der Waals surface area contributed by atoms with Crippen LogP contribution in [0.2, 0.25) is 0 Å². The molecule has 4 aromatic rings. The molecule has 184 valence electrons. The standard InChI is InChI=1S/C26H25N5O3S2/c1-33-22-14-11-19(15-23(22)34-2)25-29-30-26(31(25)20-7-5-4-6-8-20)36-17-24(32)28-27-16-18-9-12-21(35-3)13-10-18/h4-16H,17H2,1-3H3,(H,28,32)/b27-16-. The summed E-state index contributed by atoms with van der Waals surface area (Å²) in [6.45, 7) is 0. The molecule has 0 bridgehead atoms. The Morgan fingerprint density at radius 2 is 1.75 bits per heavy atom. The summed E-state index contributed by atoms with van der Waals surface area (Å²) in [4.78, 5) is 13.6. The van der Waals surface area contributed by atoms with Gasteiger partial charge in [-0.2, -0.15) is 5.10 Å². The van der Waals surface area contributed by atoms with Gasteiger partial charge in [-0.25, -0.2) is 5.43 Å². The van der Waals surface area contributed by atoms with Crippen LogP contribution in [-0.2, 0) is 4.79 Å². The fraction of sp³-hybridized carbons (Fsp3) is 0.154. The van der Waals surface area contributed by atoms with Crippen LogP contribution in [-0.4, -0.2) is 53.1 Å². The van der Waals surface area contributed by atoms with E-state index in [2.05, 4.69) is 20.7 Å². The highest BCUT2D eigenvalue weighted by Gasteiger charge is 2.18. The molecule has 1 aromatic heterocycles. The van der Waals surface area contributed by atoms with Crippen molar-refractivity contribution >= 4 is 35.6 Å². The zero-order chi connectivity index (χ0) is 25.3. The number of thioether (sulfide) groups is 2. The first-order chi connectivity index (χ1) is 17.6. The Labute approximate surface area is 218 Å². The number of amides is 1. The van der Waals surface area contributed by atoms with E-state index in [1.54, 1.807) is 32.2 Å². The van der Waals surface area contributed by atoms with E-state index in [1.165, 1.54) is 16.7 Å². The Morgan fingerprint density at radius 3 is 2.44 bits per heavy atom. The highest BCUT2D eigenvalue weighted by Crippen LogP contribution is 2.34. The van der Waals surface area contributed by atoms with Gasteiger partial charge in [-0.15, -0.1) is 22.0 Å². The molecule has 0 atom stereocenters. The lowest BCUT2D eigenvalue weighted by molar-refractivity contribution is -0.118. The third kappa shape index (κ3) is 6.07. The van der Waals surface area contributed by atoms with E-state index in [0.717, 1.165) is 16.8 Å². The Kier molecular flexibility index (Phi) is 8.64. The monoisotopic (exact) mass is 519 g/mol.